The van der Waals surface area contributed by atoms with Crippen LogP contribution in [-0.4, -0.2) is 98.3 Å². The maximum atomic E-state index is 12.0. The van der Waals surface area contributed by atoms with Crippen molar-refractivity contribution in [2.45, 2.75) is 142 Å². The quantitative estimate of drug-likeness (QED) is 0.0507. The van der Waals surface area contributed by atoms with E-state index in [4.69, 9.17) is 37.9 Å². The van der Waals surface area contributed by atoms with E-state index in [2.05, 4.69) is 19.2 Å². The molecular weight excluding hydrogens is 690 g/mol. The second-order valence-corrected chi connectivity index (χ2v) is 13.7. The Morgan fingerprint density at radius 2 is 0.833 bits per heavy atom. The number of hydrogen-bond donors (Lipinski definition) is 1. The lowest BCUT2D eigenvalue weighted by Gasteiger charge is -2.14. The van der Waals surface area contributed by atoms with Gasteiger partial charge in [0.2, 0.25) is 0 Å². The Bertz CT molecular complexity index is 995. The van der Waals surface area contributed by atoms with Crippen molar-refractivity contribution in [3.63, 3.8) is 0 Å². The van der Waals surface area contributed by atoms with Gasteiger partial charge in [-0.3, -0.25) is 9.59 Å². The lowest BCUT2D eigenvalue weighted by Crippen LogP contribution is -2.13. The van der Waals surface area contributed by atoms with E-state index >= 15 is 0 Å². The Labute approximate surface area is 328 Å². The van der Waals surface area contributed by atoms with E-state index in [1.54, 1.807) is 0 Å². The van der Waals surface area contributed by atoms with Crippen LogP contribution in [0.5, 0.6) is 11.5 Å². The summed E-state index contributed by atoms with van der Waals surface area (Å²) in [4.78, 5) is 24.0. The predicted molar refractivity (Wildman–Crippen MR) is 216 cm³/mol. The molecule has 314 valence electrons. The van der Waals surface area contributed by atoms with Crippen LogP contribution in [0.4, 0.5) is 5.69 Å². The molecule has 0 heterocycles. The molecule has 0 radical (unpaired) electrons. The van der Waals surface area contributed by atoms with Crippen LogP contribution in [0, 0.1) is 0 Å². The molecule has 0 amide bonds. The molecule has 11 nitrogen and oxygen atoms in total. The number of unbranched alkanes of at least 4 members (excludes halogenated alkanes) is 14. The molecule has 1 aromatic carbocycles. The highest BCUT2D eigenvalue weighted by molar-refractivity contribution is 5.69. The summed E-state index contributed by atoms with van der Waals surface area (Å²) < 4.78 is 44.8. The summed E-state index contributed by atoms with van der Waals surface area (Å²) in [6.45, 7) is 10.8. The first kappa shape index (κ1) is 49.4. The van der Waals surface area contributed by atoms with Gasteiger partial charge in [-0.2, -0.15) is 0 Å². The molecule has 0 bridgehead atoms. The minimum Gasteiger partial charge on any atom is -0.490 e. The zero-order valence-corrected chi connectivity index (χ0v) is 34.4. The average molecular weight is 768 g/mol. The fraction of sp³-hybridized carbons (Fsp3) is 0.814. The van der Waals surface area contributed by atoms with Crippen molar-refractivity contribution in [1.82, 2.24) is 0 Å². The van der Waals surface area contributed by atoms with E-state index < -0.39 is 0 Å². The molecule has 54 heavy (non-hydrogen) atoms. The monoisotopic (exact) mass is 768 g/mol. The number of ether oxygens (including phenoxy) is 8. The Morgan fingerprint density at radius 3 is 1.31 bits per heavy atom. The van der Waals surface area contributed by atoms with E-state index in [1.807, 2.05) is 25.2 Å². The molecule has 0 aliphatic heterocycles. The predicted octanol–water partition coefficient (Wildman–Crippen LogP) is 9.48. The molecule has 0 atom stereocenters. The van der Waals surface area contributed by atoms with Gasteiger partial charge in [0.05, 0.1) is 52.9 Å². The lowest BCUT2D eigenvalue weighted by molar-refractivity contribution is -0.146. The molecular formula is C43H77NO10. The smallest absolute Gasteiger partial charge is 0.305 e. The SMILES string of the molecule is CCCCCCOCCOCCOC(=O)CCCCCCCOc1ccc(NC)cc1OCCCCCCCC(=O)OCCOCCOCCCCCC. The van der Waals surface area contributed by atoms with Crippen LogP contribution >= 0.6 is 0 Å². The zero-order chi connectivity index (χ0) is 39.0. The van der Waals surface area contributed by atoms with Crippen LogP contribution in [0.1, 0.15) is 142 Å². The normalized spacial score (nSPS) is 11.1. The molecule has 0 saturated heterocycles. The van der Waals surface area contributed by atoms with Gasteiger partial charge in [0, 0.05) is 44.9 Å². The number of carbonyl (C=O) groups excluding carboxylic acids is 2. The van der Waals surface area contributed by atoms with Crippen molar-refractivity contribution >= 4 is 17.6 Å². The summed E-state index contributed by atoms with van der Waals surface area (Å²) in [6, 6.07) is 5.92. The Morgan fingerprint density at radius 1 is 0.444 bits per heavy atom. The Balaban J connectivity index is 2.01. The first-order chi connectivity index (χ1) is 26.6. The first-order valence-corrected chi connectivity index (χ1v) is 21.3. The molecule has 0 aliphatic rings. The molecule has 1 aromatic rings. The highest BCUT2D eigenvalue weighted by Gasteiger charge is 2.08. The molecule has 1 rings (SSSR count). The molecule has 0 fully saturated rings. The van der Waals surface area contributed by atoms with E-state index in [9.17, 15) is 9.59 Å². The summed E-state index contributed by atoms with van der Waals surface area (Å²) in [7, 11) is 1.89. The molecule has 0 unspecified atom stereocenters. The van der Waals surface area contributed by atoms with Gasteiger partial charge in [0.1, 0.15) is 13.2 Å². The lowest BCUT2D eigenvalue weighted by atomic mass is 10.1. The van der Waals surface area contributed by atoms with Crippen molar-refractivity contribution in [2.75, 3.05) is 91.6 Å². The van der Waals surface area contributed by atoms with E-state index in [-0.39, 0.29) is 11.9 Å². The Hall–Kier alpha value is -2.60. The maximum absolute atomic E-state index is 12.0. The summed E-state index contributed by atoms with van der Waals surface area (Å²) in [5, 5.41) is 3.17. The Kier molecular flexibility index (Phi) is 35.4. The molecule has 11 heteroatoms. The number of esters is 2. The second kappa shape index (κ2) is 38.7. The van der Waals surface area contributed by atoms with Crippen LogP contribution in [-0.2, 0) is 38.0 Å². The second-order valence-electron chi connectivity index (χ2n) is 13.7. The first-order valence-electron chi connectivity index (χ1n) is 21.3. The molecule has 0 aromatic heterocycles. The van der Waals surface area contributed by atoms with Crippen LogP contribution in [0.3, 0.4) is 0 Å². The highest BCUT2D eigenvalue weighted by Crippen LogP contribution is 2.31. The number of anilines is 1. The average Bonchev–Trinajstić information content (AvgIpc) is 3.18. The topological polar surface area (TPSA) is 120 Å². The van der Waals surface area contributed by atoms with Crippen LogP contribution < -0.4 is 14.8 Å². The van der Waals surface area contributed by atoms with Gasteiger partial charge < -0.3 is 43.2 Å². The fourth-order valence-corrected chi connectivity index (χ4v) is 5.54. The molecule has 0 saturated carbocycles. The van der Waals surface area contributed by atoms with Crippen molar-refractivity contribution in [3.05, 3.63) is 18.2 Å². The van der Waals surface area contributed by atoms with E-state index in [0.29, 0.717) is 78.9 Å². The third-order valence-corrected chi connectivity index (χ3v) is 8.81. The third kappa shape index (κ3) is 31.7. The maximum Gasteiger partial charge on any atom is 0.305 e. The number of nitrogens with one attached hydrogen (secondary N) is 1. The van der Waals surface area contributed by atoms with Crippen molar-refractivity contribution in [2.24, 2.45) is 0 Å². The van der Waals surface area contributed by atoms with Gasteiger partial charge >= 0.3 is 11.9 Å². The van der Waals surface area contributed by atoms with Gasteiger partial charge in [-0.25, -0.2) is 0 Å². The number of rotatable bonds is 41. The molecule has 0 spiro atoms. The highest BCUT2D eigenvalue weighted by atomic mass is 16.6. The van der Waals surface area contributed by atoms with E-state index in [1.165, 1.54) is 38.5 Å². The van der Waals surface area contributed by atoms with Gasteiger partial charge in [-0.15, -0.1) is 0 Å². The number of carbonyl (C=O) groups is 2. The fourth-order valence-electron chi connectivity index (χ4n) is 5.54. The van der Waals surface area contributed by atoms with Gasteiger partial charge in [0.15, 0.2) is 11.5 Å². The minimum atomic E-state index is -0.161. The van der Waals surface area contributed by atoms with Gasteiger partial charge in [-0.05, 0) is 50.7 Å². The summed E-state index contributed by atoms with van der Waals surface area (Å²) >= 11 is 0. The van der Waals surface area contributed by atoms with Crippen molar-refractivity contribution < 1.29 is 47.5 Å². The van der Waals surface area contributed by atoms with Gasteiger partial charge in [-0.1, -0.05) is 90.9 Å². The molecule has 1 N–H and O–H groups in total. The third-order valence-electron chi connectivity index (χ3n) is 8.81. The number of benzene rings is 1. The van der Waals surface area contributed by atoms with Crippen LogP contribution in [0.25, 0.3) is 0 Å². The largest absolute Gasteiger partial charge is 0.490 e. The summed E-state index contributed by atoms with van der Waals surface area (Å²) in [6.07, 6.45) is 20.1. The number of hydrogen-bond acceptors (Lipinski definition) is 11. The van der Waals surface area contributed by atoms with Gasteiger partial charge in [0.25, 0.3) is 0 Å². The summed E-state index contributed by atoms with van der Waals surface area (Å²) in [5.74, 6) is 1.18. The molecule has 0 aliphatic carbocycles. The van der Waals surface area contributed by atoms with Crippen molar-refractivity contribution in [3.8, 4) is 11.5 Å². The minimum absolute atomic E-state index is 0.160. The van der Waals surface area contributed by atoms with Crippen LogP contribution in [0.15, 0.2) is 18.2 Å². The summed E-state index contributed by atoms with van der Waals surface area (Å²) in [5.41, 5.74) is 0.974. The zero-order valence-electron chi connectivity index (χ0n) is 34.4. The van der Waals surface area contributed by atoms with E-state index in [0.717, 1.165) is 107 Å². The van der Waals surface area contributed by atoms with Crippen LogP contribution in [0.2, 0.25) is 0 Å². The van der Waals surface area contributed by atoms with Crippen molar-refractivity contribution in [1.29, 1.82) is 0 Å². The standard InChI is InChI=1S/C43H77NO10/c1-4-6-8-18-26-47-30-32-49-34-36-53-42(45)22-16-12-10-14-20-28-51-40-25-24-39(44-3)38-41(40)52-29-21-15-11-13-17-23-43(46)54-37-35-50-33-31-48-27-19-9-7-5-2/h24-25,38,44H,4-23,26-37H2,1-3H3.